The van der Waals surface area contributed by atoms with Crippen molar-refractivity contribution in [1.82, 2.24) is 5.32 Å². The van der Waals surface area contributed by atoms with Gasteiger partial charge in [-0.3, -0.25) is 0 Å². The minimum atomic E-state index is 0.142. The molecule has 1 unspecified atom stereocenters. The summed E-state index contributed by atoms with van der Waals surface area (Å²) in [5.41, 5.74) is 1.21. The number of hydrogen-bond acceptors (Lipinski definition) is 1. The Bertz CT molecular complexity index is 361. The van der Waals surface area contributed by atoms with Crippen LogP contribution in [0.5, 0.6) is 0 Å². The van der Waals surface area contributed by atoms with Crippen LogP contribution < -0.4 is 5.32 Å². The van der Waals surface area contributed by atoms with E-state index >= 15 is 0 Å². The second-order valence-electron chi connectivity index (χ2n) is 4.71. The topological polar surface area (TPSA) is 12.0 Å². The molecule has 0 fully saturated rings. The summed E-state index contributed by atoms with van der Waals surface area (Å²) in [5.74, 6) is 0. The van der Waals surface area contributed by atoms with E-state index in [0.29, 0.717) is 10.0 Å². The smallest absolute Gasteiger partial charge is 0.0640 e. The Hall–Kier alpha value is -0.240. The highest BCUT2D eigenvalue weighted by atomic mass is 35.5. The van der Waals surface area contributed by atoms with Crippen molar-refractivity contribution >= 4 is 23.2 Å². The fourth-order valence-electron chi connectivity index (χ4n) is 1.91. The Balaban J connectivity index is 3.19. The Labute approximate surface area is 108 Å². The molecule has 1 aromatic rings. The van der Waals surface area contributed by atoms with Gasteiger partial charge in [-0.1, -0.05) is 56.1 Å². The van der Waals surface area contributed by atoms with Crippen molar-refractivity contribution in [1.29, 1.82) is 0 Å². The normalized spacial score (nSPS) is 13.9. The molecule has 0 aliphatic rings. The van der Waals surface area contributed by atoms with Crippen molar-refractivity contribution in [2.24, 2.45) is 5.41 Å². The second-order valence-corrected chi connectivity index (χ2v) is 5.49. The molecule has 16 heavy (non-hydrogen) atoms. The lowest BCUT2D eigenvalue weighted by atomic mass is 9.78. The lowest BCUT2D eigenvalue weighted by Gasteiger charge is -2.34. The summed E-state index contributed by atoms with van der Waals surface area (Å²) in [6.45, 7) is 6.64. The second kappa shape index (κ2) is 5.39. The minimum absolute atomic E-state index is 0.142. The SMILES string of the molecule is CCC(C)(C)C(NC)c1cccc(Cl)c1Cl. The fraction of sp³-hybridized carbons (Fsp3) is 0.538. The Morgan fingerprint density at radius 2 is 1.94 bits per heavy atom. The van der Waals surface area contributed by atoms with Crippen LogP contribution in [0.4, 0.5) is 0 Å². The van der Waals surface area contributed by atoms with Gasteiger partial charge in [-0.2, -0.15) is 0 Å². The molecule has 0 bridgehead atoms. The monoisotopic (exact) mass is 259 g/mol. The maximum absolute atomic E-state index is 6.26. The van der Waals surface area contributed by atoms with Crippen LogP contribution in [-0.4, -0.2) is 7.05 Å². The molecule has 1 rings (SSSR count). The van der Waals surface area contributed by atoms with Crippen LogP contribution >= 0.6 is 23.2 Å². The summed E-state index contributed by atoms with van der Waals surface area (Å²) >= 11 is 12.3. The Morgan fingerprint density at radius 1 is 1.31 bits per heavy atom. The van der Waals surface area contributed by atoms with Gasteiger partial charge in [0.15, 0.2) is 0 Å². The van der Waals surface area contributed by atoms with E-state index in [4.69, 9.17) is 23.2 Å². The van der Waals surface area contributed by atoms with Crippen LogP contribution in [0.1, 0.15) is 38.8 Å². The van der Waals surface area contributed by atoms with Crippen molar-refractivity contribution < 1.29 is 0 Å². The molecular formula is C13H19Cl2N. The number of rotatable bonds is 4. The quantitative estimate of drug-likeness (QED) is 0.828. The fourth-order valence-corrected chi connectivity index (χ4v) is 2.33. The average molecular weight is 260 g/mol. The summed E-state index contributed by atoms with van der Waals surface area (Å²) in [5, 5.41) is 4.61. The van der Waals surface area contributed by atoms with E-state index in [0.717, 1.165) is 12.0 Å². The molecule has 0 aliphatic heterocycles. The highest BCUT2D eigenvalue weighted by molar-refractivity contribution is 6.42. The van der Waals surface area contributed by atoms with Gasteiger partial charge >= 0.3 is 0 Å². The van der Waals surface area contributed by atoms with E-state index < -0.39 is 0 Å². The van der Waals surface area contributed by atoms with Crippen molar-refractivity contribution in [2.45, 2.75) is 33.2 Å². The van der Waals surface area contributed by atoms with Gasteiger partial charge in [-0.15, -0.1) is 0 Å². The third kappa shape index (κ3) is 2.71. The summed E-state index contributed by atoms with van der Waals surface area (Å²) in [6, 6.07) is 6.01. The van der Waals surface area contributed by atoms with Crippen molar-refractivity contribution in [3.05, 3.63) is 33.8 Å². The molecule has 0 aromatic heterocycles. The van der Waals surface area contributed by atoms with E-state index in [1.54, 1.807) is 0 Å². The summed E-state index contributed by atoms with van der Waals surface area (Å²) in [6.07, 6.45) is 1.07. The van der Waals surface area contributed by atoms with Gasteiger partial charge in [-0.25, -0.2) is 0 Å². The molecule has 3 heteroatoms. The third-order valence-electron chi connectivity index (χ3n) is 3.27. The van der Waals surface area contributed by atoms with Crippen molar-refractivity contribution in [3.8, 4) is 0 Å². The molecule has 0 saturated heterocycles. The molecule has 1 aromatic carbocycles. The first-order chi connectivity index (χ1) is 7.44. The van der Waals surface area contributed by atoms with Crippen LogP contribution in [0.2, 0.25) is 10.0 Å². The predicted molar refractivity (Wildman–Crippen MR) is 72.3 cm³/mol. The largest absolute Gasteiger partial charge is 0.313 e. The molecule has 0 saturated carbocycles. The first-order valence-electron chi connectivity index (χ1n) is 5.55. The molecular weight excluding hydrogens is 241 g/mol. The molecule has 0 heterocycles. The van der Waals surface area contributed by atoms with Gasteiger partial charge in [-0.05, 0) is 30.5 Å². The summed E-state index contributed by atoms with van der Waals surface area (Å²) in [4.78, 5) is 0. The Morgan fingerprint density at radius 3 is 2.44 bits per heavy atom. The number of benzene rings is 1. The molecule has 90 valence electrons. The van der Waals surface area contributed by atoms with Crippen molar-refractivity contribution in [2.75, 3.05) is 7.05 Å². The molecule has 0 amide bonds. The maximum atomic E-state index is 6.26. The van der Waals surface area contributed by atoms with Gasteiger partial charge in [0.1, 0.15) is 0 Å². The highest BCUT2D eigenvalue weighted by Gasteiger charge is 2.29. The molecule has 1 N–H and O–H groups in total. The zero-order valence-corrected chi connectivity index (χ0v) is 11.8. The summed E-state index contributed by atoms with van der Waals surface area (Å²) < 4.78 is 0. The lowest BCUT2D eigenvalue weighted by Crippen LogP contribution is -2.31. The van der Waals surface area contributed by atoms with Crippen LogP contribution in [0.25, 0.3) is 0 Å². The van der Waals surface area contributed by atoms with E-state index in [9.17, 15) is 0 Å². The van der Waals surface area contributed by atoms with E-state index in [-0.39, 0.29) is 11.5 Å². The van der Waals surface area contributed by atoms with Gasteiger partial charge in [0.05, 0.1) is 10.0 Å². The molecule has 0 radical (unpaired) electrons. The van der Waals surface area contributed by atoms with E-state index in [1.807, 2.05) is 25.2 Å². The molecule has 1 atom stereocenters. The predicted octanol–water partition coefficient (Wildman–Crippen LogP) is 4.69. The van der Waals surface area contributed by atoms with Gasteiger partial charge in [0, 0.05) is 6.04 Å². The standard InChI is InChI=1S/C13H19Cl2N/c1-5-13(2,3)12(16-4)9-7-6-8-10(14)11(9)15/h6-8,12,16H,5H2,1-4H3. The summed E-state index contributed by atoms with van der Waals surface area (Å²) in [7, 11) is 1.96. The number of nitrogens with one attached hydrogen (secondary N) is 1. The first kappa shape index (κ1) is 13.8. The number of halogens is 2. The maximum Gasteiger partial charge on any atom is 0.0640 e. The van der Waals surface area contributed by atoms with Crippen molar-refractivity contribution in [3.63, 3.8) is 0 Å². The molecule has 1 nitrogen and oxygen atoms in total. The van der Waals surface area contributed by atoms with Gasteiger partial charge in [0.25, 0.3) is 0 Å². The minimum Gasteiger partial charge on any atom is -0.313 e. The third-order valence-corrected chi connectivity index (χ3v) is 4.11. The first-order valence-corrected chi connectivity index (χ1v) is 6.30. The Kier molecular flexibility index (Phi) is 4.66. The van der Waals surface area contributed by atoms with E-state index in [2.05, 4.69) is 26.1 Å². The van der Waals surface area contributed by atoms with Crippen LogP contribution in [0.15, 0.2) is 18.2 Å². The van der Waals surface area contributed by atoms with Crippen LogP contribution in [-0.2, 0) is 0 Å². The van der Waals surface area contributed by atoms with Gasteiger partial charge in [0.2, 0.25) is 0 Å². The van der Waals surface area contributed by atoms with E-state index in [1.165, 1.54) is 0 Å². The zero-order valence-electron chi connectivity index (χ0n) is 10.3. The van der Waals surface area contributed by atoms with Crippen LogP contribution in [0.3, 0.4) is 0 Å². The highest BCUT2D eigenvalue weighted by Crippen LogP contribution is 2.40. The lowest BCUT2D eigenvalue weighted by molar-refractivity contribution is 0.245. The zero-order chi connectivity index (χ0) is 12.3. The molecule has 0 spiro atoms. The average Bonchev–Trinajstić information content (AvgIpc) is 2.25. The molecule has 0 aliphatic carbocycles. The van der Waals surface area contributed by atoms with Crippen LogP contribution in [0, 0.1) is 5.41 Å². The van der Waals surface area contributed by atoms with Gasteiger partial charge < -0.3 is 5.32 Å². The number of hydrogen-bond donors (Lipinski definition) is 1.